The van der Waals surface area contributed by atoms with Crippen LogP contribution >= 0.6 is 0 Å². The Labute approximate surface area is 322 Å². The summed E-state index contributed by atoms with van der Waals surface area (Å²) in [5.74, 6) is 1.87. The molecule has 0 aliphatic carbocycles. The van der Waals surface area contributed by atoms with Crippen molar-refractivity contribution in [2.75, 3.05) is 0 Å². The SMILES string of the molecule is c1ccc(-c2cccc(-c3nc(-c4ccccc4)nc(-c4ccc5c(c4)c4ccccc4n5-c4cccc5c4oc4ccc(-c6ccccc6)cc45)n3)c2)cc1. The predicted octanol–water partition coefficient (Wildman–Crippen LogP) is 13.2. The molecule has 0 aliphatic rings. The van der Waals surface area contributed by atoms with Crippen molar-refractivity contribution in [3.05, 3.63) is 194 Å². The van der Waals surface area contributed by atoms with E-state index in [2.05, 4.69) is 156 Å². The lowest BCUT2D eigenvalue weighted by molar-refractivity contribution is 0.666. The van der Waals surface area contributed by atoms with Gasteiger partial charge in [0.25, 0.3) is 0 Å². The van der Waals surface area contributed by atoms with Crippen LogP contribution in [0.25, 0.3) is 106 Å². The van der Waals surface area contributed by atoms with E-state index in [1.807, 2.05) is 42.5 Å². The quantitative estimate of drug-likeness (QED) is 0.172. The first-order chi connectivity index (χ1) is 27.7. The molecule has 11 aromatic rings. The average Bonchev–Trinajstić information content (AvgIpc) is 3.82. The van der Waals surface area contributed by atoms with Crippen LogP contribution < -0.4 is 0 Å². The number of rotatable bonds is 6. The summed E-state index contributed by atoms with van der Waals surface area (Å²) in [5.41, 5.74) is 12.2. The number of hydrogen-bond acceptors (Lipinski definition) is 4. The van der Waals surface area contributed by atoms with Gasteiger partial charge in [-0.15, -0.1) is 0 Å². The number of benzene rings is 8. The Morgan fingerprint density at radius 1 is 0.321 bits per heavy atom. The summed E-state index contributed by atoms with van der Waals surface area (Å²) >= 11 is 0. The highest BCUT2D eigenvalue weighted by molar-refractivity contribution is 6.13. The van der Waals surface area contributed by atoms with Crippen LogP contribution in [0.15, 0.2) is 199 Å². The van der Waals surface area contributed by atoms with Crippen molar-refractivity contribution in [1.82, 2.24) is 19.5 Å². The molecule has 0 bridgehead atoms. The molecule has 8 aromatic carbocycles. The number of furan rings is 1. The second kappa shape index (κ2) is 13.0. The molecule has 0 fully saturated rings. The lowest BCUT2D eigenvalue weighted by atomic mass is 10.0. The molecule has 0 aliphatic heterocycles. The van der Waals surface area contributed by atoms with E-state index in [1.54, 1.807) is 0 Å². The maximum atomic E-state index is 6.69. The Hall–Kier alpha value is -7.63. The van der Waals surface area contributed by atoms with Crippen LogP contribution in [0.1, 0.15) is 0 Å². The van der Waals surface area contributed by atoms with Gasteiger partial charge >= 0.3 is 0 Å². The highest BCUT2D eigenvalue weighted by Gasteiger charge is 2.20. The number of aromatic nitrogens is 4. The summed E-state index contributed by atoms with van der Waals surface area (Å²) in [7, 11) is 0. The van der Waals surface area contributed by atoms with Crippen LogP contribution in [0.3, 0.4) is 0 Å². The van der Waals surface area contributed by atoms with Gasteiger partial charge in [0.1, 0.15) is 5.58 Å². The van der Waals surface area contributed by atoms with Gasteiger partial charge in [-0.2, -0.15) is 0 Å². The van der Waals surface area contributed by atoms with Crippen LogP contribution in [0, 0.1) is 0 Å². The zero-order valence-corrected chi connectivity index (χ0v) is 30.2. The van der Waals surface area contributed by atoms with E-state index in [0.29, 0.717) is 17.5 Å². The van der Waals surface area contributed by atoms with Gasteiger partial charge in [-0.05, 0) is 70.8 Å². The standard InChI is InChI=1S/C51H32N4O/c1-4-14-33(15-5-1)36-20-12-21-38(30-36)50-52-49(35-18-8-3-9-19-35)53-51(54-50)39-26-28-45-42(32-39)40-22-10-11-24-44(40)55(45)46-25-13-23-41-43-31-37(34-16-6-2-7-17-34)27-29-47(43)56-48(41)46/h1-32H. The Morgan fingerprint density at radius 2 is 0.821 bits per heavy atom. The van der Waals surface area contributed by atoms with Gasteiger partial charge in [-0.25, -0.2) is 15.0 Å². The predicted molar refractivity (Wildman–Crippen MR) is 229 cm³/mol. The normalized spacial score (nSPS) is 11.6. The first kappa shape index (κ1) is 31.9. The fraction of sp³-hybridized carbons (Fsp3) is 0. The monoisotopic (exact) mass is 716 g/mol. The topological polar surface area (TPSA) is 56.7 Å². The third-order valence-corrected chi connectivity index (χ3v) is 10.7. The van der Waals surface area contributed by atoms with Gasteiger partial charge in [0.05, 0.1) is 16.7 Å². The molecule has 0 unspecified atom stereocenters. The summed E-state index contributed by atoms with van der Waals surface area (Å²) in [6, 6.07) is 67.4. The highest BCUT2D eigenvalue weighted by atomic mass is 16.3. The Bertz CT molecular complexity index is 3240. The second-order valence-electron chi connectivity index (χ2n) is 14.0. The largest absolute Gasteiger partial charge is 0.454 e. The van der Waals surface area contributed by atoms with E-state index in [-0.39, 0.29) is 0 Å². The number of hydrogen-bond donors (Lipinski definition) is 0. The van der Waals surface area contributed by atoms with E-state index < -0.39 is 0 Å². The molecule has 0 spiro atoms. The van der Waals surface area contributed by atoms with E-state index in [1.165, 1.54) is 5.56 Å². The molecule has 0 N–H and O–H groups in total. The third-order valence-electron chi connectivity index (χ3n) is 10.7. The maximum Gasteiger partial charge on any atom is 0.164 e. The number of para-hydroxylation sites is 2. The first-order valence-electron chi connectivity index (χ1n) is 18.8. The van der Waals surface area contributed by atoms with Crippen molar-refractivity contribution in [3.63, 3.8) is 0 Å². The van der Waals surface area contributed by atoms with Gasteiger partial charge in [-0.3, -0.25) is 0 Å². The van der Waals surface area contributed by atoms with Crippen LogP contribution in [-0.2, 0) is 0 Å². The van der Waals surface area contributed by atoms with Gasteiger partial charge in [0.2, 0.25) is 0 Å². The minimum Gasteiger partial charge on any atom is -0.454 e. The van der Waals surface area contributed by atoms with Gasteiger partial charge in [-0.1, -0.05) is 146 Å². The summed E-state index contributed by atoms with van der Waals surface area (Å²) in [6.45, 7) is 0. The Balaban J connectivity index is 1.08. The van der Waals surface area contributed by atoms with Crippen LogP contribution in [-0.4, -0.2) is 19.5 Å². The molecule has 0 saturated heterocycles. The van der Waals surface area contributed by atoms with Crippen LogP contribution in [0.2, 0.25) is 0 Å². The molecular weight excluding hydrogens is 685 g/mol. The molecule has 11 rings (SSSR count). The first-order valence-corrected chi connectivity index (χ1v) is 18.8. The van der Waals surface area contributed by atoms with Crippen LogP contribution in [0.5, 0.6) is 0 Å². The molecule has 0 radical (unpaired) electrons. The van der Waals surface area contributed by atoms with Gasteiger partial charge < -0.3 is 8.98 Å². The van der Waals surface area contributed by atoms with Crippen LogP contribution in [0.4, 0.5) is 0 Å². The average molecular weight is 717 g/mol. The minimum absolute atomic E-state index is 0.617. The molecule has 5 nitrogen and oxygen atoms in total. The zero-order valence-electron chi connectivity index (χ0n) is 30.2. The number of fused-ring (bicyclic) bond motifs is 6. The molecule has 0 atom stereocenters. The Kier molecular flexibility index (Phi) is 7.42. The molecule has 56 heavy (non-hydrogen) atoms. The summed E-state index contributed by atoms with van der Waals surface area (Å²) in [5, 5.41) is 4.42. The second-order valence-corrected chi connectivity index (χ2v) is 14.0. The molecule has 262 valence electrons. The fourth-order valence-corrected chi connectivity index (χ4v) is 7.96. The maximum absolute atomic E-state index is 6.69. The van der Waals surface area contributed by atoms with E-state index >= 15 is 0 Å². The molecule has 0 amide bonds. The fourth-order valence-electron chi connectivity index (χ4n) is 7.96. The van der Waals surface area contributed by atoms with Gasteiger partial charge in [0.15, 0.2) is 23.1 Å². The third kappa shape index (κ3) is 5.37. The van der Waals surface area contributed by atoms with E-state index in [9.17, 15) is 0 Å². The molecule has 5 heteroatoms. The molecular formula is C51H32N4O. The smallest absolute Gasteiger partial charge is 0.164 e. The summed E-state index contributed by atoms with van der Waals surface area (Å²) in [6.07, 6.45) is 0. The molecule has 3 heterocycles. The lowest BCUT2D eigenvalue weighted by Crippen LogP contribution is -2.00. The summed E-state index contributed by atoms with van der Waals surface area (Å²) < 4.78 is 9.01. The Morgan fingerprint density at radius 3 is 1.55 bits per heavy atom. The van der Waals surface area contributed by atoms with Crippen molar-refractivity contribution < 1.29 is 4.42 Å². The number of nitrogens with zero attached hydrogens (tertiary/aromatic N) is 4. The van der Waals surface area contributed by atoms with E-state index in [4.69, 9.17) is 19.4 Å². The zero-order chi connectivity index (χ0) is 37.0. The summed E-state index contributed by atoms with van der Waals surface area (Å²) in [4.78, 5) is 15.2. The minimum atomic E-state index is 0.617. The van der Waals surface area contributed by atoms with Crippen molar-refractivity contribution in [3.8, 4) is 62.1 Å². The van der Waals surface area contributed by atoms with Crippen molar-refractivity contribution in [1.29, 1.82) is 0 Å². The lowest BCUT2D eigenvalue weighted by Gasteiger charge is -2.11. The van der Waals surface area contributed by atoms with Gasteiger partial charge in [0, 0.05) is 38.2 Å². The van der Waals surface area contributed by atoms with E-state index in [0.717, 1.165) is 82.8 Å². The molecule has 0 saturated carbocycles. The van der Waals surface area contributed by atoms with Crippen molar-refractivity contribution in [2.45, 2.75) is 0 Å². The van der Waals surface area contributed by atoms with Crippen molar-refractivity contribution in [2.24, 2.45) is 0 Å². The van der Waals surface area contributed by atoms with Crippen molar-refractivity contribution >= 4 is 43.7 Å². The molecule has 3 aromatic heterocycles. The highest BCUT2D eigenvalue weighted by Crippen LogP contribution is 2.40.